The molecule has 0 spiro atoms. The van der Waals surface area contributed by atoms with Gasteiger partial charge < -0.3 is 10.4 Å². The Labute approximate surface area is 113 Å². The van der Waals surface area contributed by atoms with E-state index in [1.54, 1.807) is 18.3 Å². The third-order valence-electron chi connectivity index (χ3n) is 2.14. The lowest BCUT2D eigenvalue weighted by atomic mass is 10.2. The van der Waals surface area contributed by atoms with Gasteiger partial charge in [-0.1, -0.05) is 29.3 Å². The molecule has 1 heterocycles. The Morgan fingerprint density at radius 1 is 1.41 bits per heavy atom. The maximum absolute atomic E-state index is 9.35. The highest BCUT2D eigenvalue weighted by atomic mass is 35.5. The first-order chi connectivity index (χ1) is 8.19. The van der Waals surface area contributed by atoms with E-state index in [0.29, 0.717) is 9.36 Å². The largest absolute Gasteiger partial charge is 0.394 e. The number of anilines is 1. The Morgan fingerprint density at radius 3 is 2.82 bits per heavy atom. The average molecular weight is 289 g/mol. The van der Waals surface area contributed by atoms with Crippen molar-refractivity contribution in [3.63, 3.8) is 0 Å². The first kappa shape index (κ1) is 12.6. The lowest BCUT2D eigenvalue weighted by Gasteiger charge is -2.15. The van der Waals surface area contributed by atoms with Gasteiger partial charge in [-0.3, -0.25) is 0 Å². The predicted molar refractivity (Wildman–Crippen MR) is 72.0 cm³/mol. The topological polar surface area (TPSA) is 45.1 Å². The zero-order chi connectivity index (χ0) is 12.3. The number of thiazole rings is 1. The van der Waals surface area contributed by atoms with Gasteiger partial charge in [0.15, 0.2) is 0 Å². The molecule has 0 fully saturated rings. The van der Waals surface area contributed by atoms with Crippen molar-refractivity contribution in [1.82, 2.24) is 4.98 Å². The molecule has 0 bridgehead atoms. The van der Waals surface area contributed by atoms with Crippen molar-refractivity contribution in [2.75, 3.05) is 11.9 Å². The van der Waals surface area contributed by atoms with Crippen LogP contribution in [0, 0.1) is 0 Å². The highest BCUT2D eigenvalue weighted by molar-refractivity contribution is 7.15. The fraction of sp³-hybridized carbons (Fsp3) is 0.182. The lowest BCUT2D eigenvalue weighted by Crippen LogP contribution is -2.14. The maximum Gasteiger partial charge on any atom is 0.119 e. The average Bonchev–Trinajstić information content (AvgIpc) is 2.73. The van der Waals surface area contributed by atoms with Crippen molar-refractivity contribution < 1.29 is 5.11 Å². The molecule has 6 heteroatoms. The number of nitrogens with one attached hydrogen (secondary N) is 1. The molecule has 2 N–H and O–H groups in total. The molecular weight excluding hydrogens is 279 g/mol. The molecule has 0 radical (unpaired) electrons. The van der Waals surface area contributed by atoms with Crippen molar-refractivity contribution in [3.8, 4) is 0 Å². The minimum atomic E-state index is -0.272. The summed E-state index contributed by atoms with van der Waals surface area (Å²) >= 11 is 13.0. The van der Waals surface area contributed by atoms with Gasteiger partial charge in [-0.25, -0.2) is 4.98 Å². The summed E-state index contributed by atoms with van der Waals surface area (Å²) in [7, 11) is 0. The molecular formula is C11H10Cl2N2OS. The zero-order valence-corrected chi connectivity index (χ0v) is 11.1. The number of aliphatic hydroxyl groups excluding tert-OH is 1. The van der Waals surface area contributed by atoms with Crippen LogP contribution in [0.15, 0.2) is 30.5 Å². The Morgan fingerprint density at radius 2 is 2.24 bits per heavy atom. The molecule has 0 saturated heterocycles. The van der Waals surface area contributed by atoms with Crippen LogP contribution in [0.5, 0.6) is 0 Å². The lowest BCUT2D eigenvalue weighted by molar-refractivity contribution is 0.276. The van der Waals surface area contributed by atoms with Crippen LogP contribution >= 0.6 is 34.5 Å². The van der Waals surface area contributed by atoms with E-state index < -0.39 is 0 Å². The standard InChI is InChI=1S/C11H10Cl2N2OS/c12-7-2-1-3-8(4-7)15-9(6-16)11-14-5-10(13)17-11/h1-5,9,15-16H,6H2. The summed E-state index contributed by atoms with van der Waals surface area (Å²) in [4.78, 5) is 4.14. The maximum atomic E-state index is 9.35. The van der Waals surface area contributed by atoms with Crippen LogP contribution in [0.25, 0.3) is 0 Å². The van der Waals surface area contributed by atoms with Crippen molar-refractivity contribution in [3.05, 3.63) is 44.8 Å². The first-order valence-corrected chi connectivity index (χ1v) is 6.50. The van der Waals surface area contributed by atoms with Gasteiger partial charge in [0.1, 0.15) is 15.4 Å². The number of aliphatic hydroxyl groups is 1. The van der Waals surface area contributed by atoms with E-state index in [-0.39, 0.29) is 12.6 Å². The SMILES string of the molecule is OCC(Nc1cccc(Cl)c1)c1ncc(Cl)s1. The number of benzene rings is 1. The highest BCUT2D eigenvalue weighted by Gasteiger charge is 2.14. The van der Waals surface area contributed by atoms with Crippen molar-refractivity contribution in [2.45, 2.75) is 6.04 Å². The van der Waals surface area contributed by atoms with Gasteiger partial charge >= 0.3 is 0 Å². The van der Waals surface area contributed by atoms with Crippen LogP contribution in [0.4, 0.5) is 5.69 Å². The third kappa shape index (κ3) is 3.33. The van der Waals surface area contributed by atoms with Crippen LogP contribution in [0.2, 0.25) is 9.36 Å². The number of aromatic nitrogens is 1. The number of nitrogens with zero attached hydrogens (tertiary/aromatic N) is 1. The van der Waals surface area contributed by atoms with Crippen molar-refractivity contribution in [1.29, 1.82) is 0 Å². The zero-order valence-electron chi connectivity index (χ0n) is 8.73. The molecule has 90 valence electrons. The number of hydrogen-bond acceptors (Lipinski definition) is 4. The molecule has 1 atom stereocenters. The monoisotopic (exact) mass is 288 g/mol. The van der Waals surface area contributed by atoms with E-state index in [0.717, 1.165) is 10.7 Å². The van der Waals surface area contributed by atoms with Crippen LogP contribution in [0.3, 0.4) is 0 Å². The van der Waals surface area contributed by atoms with E-state index in [1.807, 2.05) is 12.1 Å². The second-order valence-corrected chi connectivity index (χ2v) is 5.52. The molecule has 0 aliphatic carbocycles. The van der Waals surface area contributed by atoms with E-state index >= 15 is 0 Å². The fourth-order valence-corrected chi connectivity index (χ4v) is 2.56. The molecule has 0 saturated carbocycles. The molecule has 0 amide bonds. The van der Waals surface area contributed by atoms with Gasteiger partial charge in [-0.2, -0.15) is 0 Å². The Kier molecular flexibility index (Phi) is 4.23. The van der Waals surface area contributed by atoms with Gasteiger partial charge in [0.25, 0.3) is 0 Å². The quantitative estimate of drug-likeness (QED) is 0.904. The predicted octanol–water partition coefficient (Wildman–Crippen LogP) is 3.60. The molecule has 1 aromatic heterocycles. The van der Waals surface area contributed by atoms with Gasteiger partial charge in [0, 0.05) is 10.7 Å². The summed E-state index contributed by atoms with van der Waals surface area (Å²) in [5, 5.41) is 13.9. The molecule has 2 rings (SSSR count). The highest BCUT2D eigenvalue weighted by Crippen LogP contribution is 2.27. The Bertz CT molecular complexity index is 504. The minimum absolute atomic E-state index is 0.0592. The number of rotatable bonds is 4. The molecule has 2 aromatic rings. The van der Waals surface area contributed by atoms with Crippen LogP contribution in [0.1, 0.15) is 11.0 Å². The first-order valence-electron chi connectivity index (χ1n) is 4.93. The van der Waals surface area contributed by atoms with Gasteiger partial charge in [0.2, 0.25) is 0 Å². The number of halogens is 2. The van der Waals surface area contributed by atoms with Crippen LogP contribution in [-0.2, 0) is 0 Å². The molecule has 0 aliphatic heterocycles. The van der Waals surface area contributed by atoms with E-state index in [2.05, 4.69) is 10.3 Å². The third-order valence-corrected chi connectivity index (χ3v) is 3.61. The summed E-state index contributed by atoms with van der Waals surface area (Å²) in [6, 6.07) is 7.03. The summed E-state index contributed by atoms with van der Waals surface area (Å²) in [5.74, 6) is 0. The van der Waals surface area contributed by atoms with E-state index in [9.17, 15) is 5.11 Å². The second kappa shape index (κ2) is 5.69. The second-order valence-electron chi connectivity index (χ2n) is 3.39. The molecule has 1 unspecified atom stereocenters. The van der Waals surface area contributed by atoms with E-state index in [4.69, 9.17) is 23.2 Å². The molecule has 3 nitrogen and oxygen atoms in total. The van der Waals surface area contributed by atoms with Crippen LogP contribution < -0.4 is 5.32 Å². The molecule has 17 heavy (non-hydrogen) atoms. The number of hydrogen-bond donors (Lipinski definition) is 2. The fourth-order valence-electron chi connectivity index (χ4n) is 1.39. The van der Waals surface area contributed by atoms with Gasteiger partial charge in [-0.05, 0) is 18.2 Å². The summed E-state index contributed by atoms with van der Waals surface area (Å²) in [6.07, 6.45) is 1.57. The van der Waals surface area contributed by atoms with Crippen LogP contribution in [-0.4, -0.2) is 16.7 Å². The Hall–Kier alpha value is -0.810. The van der Waals surface area contributed by atoms with Gasteiger partial charge in [-0.15, -0.1) is 11.3 Å². The van der Waals surface area contributed by atoms with Crippen molar-refractivity contribution in [2.24, 2.45) is 0 Å². The Balaban J connectivity index is 2.15. The summed E-state index contributed by atoms with van der Waals surface area (Å²) in [6.45, 7) is -0.0592. The smallest absolute Gasteiger partial charge is 0.119 e. The normalized spacial score (nSPS) is 12.4. The van der Waals surface area contributed by atoms with E-state index in [1.165, 1.54) is 11.3 Å². The minimum Gasteiger partial charge on any atom is -0.394 e. The summed E-state index contributed by atoms with van der Waals surface area (Å²) < 4.78 is 0.603. The summed E-state index contributed by atoms with van der Waals surface area (Å²) in [5.41, 5.74) is 0.836. The molecule has 1 aromatic carbocycles. The van der Waals surface area contributed by atoms with Crippen molar-refractivity contribution >= 4 is 40.2 Å². The van der Waals surface area contributed by atoms with Gasteiger partial charge in [0.05, 0.1) is 12.8 Å². The molecule has 0 aliphatic rings.